The summed E-state index contributed by atoms with van der Waals surface area (Å²) in [6.07, 6.45) is -21.6. The highest BCUT2D eigenvalue weighted by Crippen LogP contribution is 2.54. The lowest BCUT2D eigenvalue weighted by molar-refractivity contribution is -0.410. The number of halogens is 9. The largest absolute Gasteiger partial charge is 0.460 e. The number of aliphatic hydroxyl groups excluding tert-OH is 4. The van der Waals surface area contributed by atoms with E-state index in [1.54, 1.807) is 0 Å². The fourth-order valence-electron chi connectivity index (χ4n) is 1.73. The first-order valence-corrected chi connectivity index (χ1v) is 5.58. The molecule has 14 heteroatoms. The summed E-state index contributed by atoms with van der Waals surface area (Å²) in [6.45, 7) is 0. The molecule has 138 valence electrons. The Morgan fingerprint density at radius 3 is 1.48 bits per heavy atom. The molecule has 0 amide bonds. The van der Waals surface area contributed by atoms with Crippen LogP contribution >= 0.6 is 0 Å². The van der Waals surface area contributed by atoms with Crippen molar-refractivity contribution in [3.05, 3.63) is 0 Å². The molecule has 4 N–H and O–H groups in total. The number of alkyl halides is 9. The van der Waals surface area contributed by atoms with Gasteiger partial charge in [0.1, 0.15) is 18.3 Å². The van der Waals surface area contributed by atoms with Crippen LogP contribution in [0.25, 0.3) is 0 Å². The van der Waals surface area contributed by atoms with E-state index in [1.807, 2.05) is 0 Å². The molecular formula is C9H9F9O5. The van der Waals surface area contributed by atoms with Crippen molar-refractivity contribution in [1.82, 2.24) is 0 Å². The van der Waals surface area contributed by atoms with Crippen LogP contribution in [0.2, 0.25) is 0 Å². The monoisotopic (exact) mass is 368 g/mol. The summed E-state index contributed by atoms with van der Waals surface area (Å²) in [7, 11) is 0. The number of aliphatic hydroxyl groups is 4. The van der Waals surface area contributed by atoms with Gasteiger partial charge >= 0.3 is 23.9 Å². The quantitative estimate of drug-likeness (QED) is 0.535. The summed E-state index contributed by atoms with van der Waals surface area (Å²) in [6, 6.07) is 0. The lowest BCUT2D eigenvalue weighted by Gasteiger charge is -2.37. The summed E-state index contributed by atoms with van der Waals surface area (Å²) in [4.78, 5) is 0. The van der Waals surface area contributed by atoms with E-state index >= 15 is 0 Å². The molecule has 0 aliphatic carbocycles. The highest BCUT2D eigenvalue weighted by molar-refractivity contribution is 5.07. The van der Waals surface area contributed by atoms with Gasteiger partial charge in [-0.1, -0.05) is 0 Å². The molecule has 23 heavy (non-hydrogen) atoms. The molecule has 0 spiro atoms. The van der Waals surface area contributed by atoms with Gasteiger partial charge in [-0.05, 0) is 0 Å². The van der Waals surface area contributed by atoms with Gasteiger partial charge in [0.15, 0.2) is 12.4 Å². The van der Waals surface area contributed by atoms with E-state index in [1.165, 1.54) is 0 Å². The third kappa shape index (κ3) is 2.86. The van der Waals surface area contributed by atoms with Crippen molar-refractivity contribution in [2.45, 2.75) is 54.6 Å². The van der Waals surface area contributed by atoms with Gasteiger partial charge in [-0.15, -0.1) is 0 Å². The Kier molecular flexibility index (Phi) is 4.93. The predicted octanol–water partition coefficient (Wildman–Crippen LogP) is 0.254. The van der Waals surface area contributed by atoms with Crippen LogP contribution < -0.4 is 0 Å². The molecule has 1 fully saturated rings. The Bertz CT molecular complexity index is 440. The van der Waals surface area contributed by atoms with Gasteiger partial charge in [-0.2, -0.15) is 39.5 Å². The fourth-order valence-corrected chi connectivity index (χ4v) is 1.73. The molecule has 0 aromatic heterocycles. The van der Waals surface area contributed by atoms with Gasteiger partial charge in [-0.3, -0.25) is 0 Å². The molecule has 0 saturated carbocycles. The van der Waals surface area contributed by atoms with Crippen LogP contribution in [-0.4, -0.2) is 75.1 Å². The lowest BCUT2D eigenvalue weighted by Crippen LogP contribution is -2.66. The zero-order valence-corrected chi connectivity index (χ0v) is 10.5. The van der Waals surface area contributed by atoms with E-state index in [4.69, 9.17) is 20.4 Å². The summed E-state index contributed by atoms with van der Waals surface area (Å²) in [5.41, 5.74) is 0. The maximum Gasteiger partial charge on any atom is 0.460 e. The van der Waals surface area contributed by atoms with Crippen molar-refractivity contribution in [3.63, 3.8) is 0 Å². The second-order valence-electron chi connectivity index (χ2n) is 4.69. The van der Waals surface area contributed by atoms with E-state index in [-0.39, 0.29) is 0 Å². The summed E-state index contributed by atoms with van der Waals surface area (Å²) < 4.78 is 118. The molecule has 1 heterocycles. The van der Waals surface area contributed by atoms with Crippen molar-refractivity contribution >= 4 is 0 Å². The van der Waals surface area contributed by atoms with Crippen LogP contribution in [0.15, 0.2) is 0 Å². The van der Waals surface area contributed by atoms with Crippen molar-refractivity contribution in [2.24, 2.45) is 0 Å². The SMILES string of the molecule is OC1O[C@H]([C@@H](O)C(F)(F)C(F)(F)C(F)(F)C(F)(F)F)[C@H](O)[C@H]1O. The van der Waals surface area contributed by atoms with Gasteiger partial charge in [0.05, 0.1) is 0 Å². The molecule has 0 radical (unpaired) electrons. The molecule has 0 aromatic carbocycles. The average molecular weight is 368 g/mol. The summed E-state index contributed by atoms with van der Waals surface area (Å²) in [5, 5.41) is 35.9. The second-order valence-corrected chi connectivity index (χ2v) is 4.69. The third-order valence-corrected chi connectivity index (χ3v) is 3.13. The normalized spacial score (nSPS) is 32.2. The lowest BCUT2D eigenvalue weighted by atomic mass is 9.93. The predicted molar refractivity (Wildman–Crippen MR) is 49.8 cm³/mol. The van der Waals surface area contributed by atoms with Gasteiger partial charge < -0.3 is 25.2 Å². The number of hydrogen-bond acceptors (Lipinski definition) is 5. The van der Waals surface area contributed by atoms with Crippen LogP contribution in [0.5, 0.6) is 0 Å². The Morgan fingerprint density at radius 2 is 1.17 bits per heavy atom. The number of ether oxygens (including phenoxy) is 1. The van der Waals surface area contributed by atoms with Crippen molar-refractivity contribution in [1.29, 1.82) is 0 Å². The van der Waals surface area contributed by atoms with Gasteiger partial charge in [0.25, 0.3) is 0 Å². The highest BCUT2D eigenvalue weighted by Gasteiger charge is 2.84. The Balaban J connectivity index is 3.19. The first kappa shape index (κ1) is 20.2. The zero-order chi connectivity index (χ0) is 18.6. The van der Waals surface area contributed by atoms with Gasteiger partial charge in [0, 0.05) is 0 Å². The van der Waals surface area contributed by atoms with Gasteiger partial charge in [0.2, 0.25) is 0 Å². The molecule has 5 nitrogen and oxygen atoms in total. The van der Waals surface area contributed by atoms with E-state index < -0.39 is 54.6 Å². The first-order valence-electron chi connectivity index (χ1n) is 5.58. The molecule has 1 aliphatic rings. The molecule has 1 rings (SSSR count). The Morgan fingerprint density at radius 1 is 0.739 bits per heavy atom. The molecule has 5 atom stereocenters. The minimum absolute atomic E-state index is 2.39. The zero-order valence-electron chi connectivity index (χ0n) is 10.5. The molecule has 0 bridgehead atoms. The maximum atomic E-state index is 13.4. The molecule has 0 aromatic rings. The number of hydrogen-bond donors (Lipinski definition) is 4. The van der Waals surface area contributed by atoms with Crippen molar-refractivity contribution < 1.29 is 64.7 Å². The molecular weight excluding hydrogens is 359 g/mol. The van der Waals surface area contributed by atoms with Crippen LogP contribution in [0.3, 0.4) is 0 Å². The Hall–Kier alpha value is -0.830. The number of rotatable bonds is 4. The van der Waals surface area contributed by atoms with Crippen LogP contribution in [0.1, 0.15) is 0 Å². The molecule has 1 unspecified atom stereocenters. The van der Waals surface area contributed by atoms with E-state index in [0.29, 0.717) is 0 Å². The summed E-state index contributed by atoms with van der Waals surface area (Å²) in [5.74, 6) is -20.8. The molecule has 1 saturated heterocycles. The Labute approximate surface area is 120 Å². The van der Waals surface area contributed by atoms with Crippen molar-refractivity contribution in [2.75, 3.05) is 0 Å². The minimum atomic E-state index is -7.23. The average Bonchev–Trinajstić information content (AvgIpc) is 2.63. The fraction of sp³-hybridized carbons (Fsp3) is 1.00. The van der Waals surface area contributed by atoms with Crippen LogP contribution in [0.4, 0.5) is 39.5 Å². The maximum absolute atomic E-state index is 13.4. The van der Waals surface area contributed by atoms with Crippen molar-refractivity contribution in [3.8, 4) is 0 Å². The molecule has 1 aliphatic heterocycles. The first-order chi connectivity index (χ1) is 10.00. The summed E-state index contributed by atoms with van der Waals surface area (Å²) >= 11 is 0. The van der Waals surface area contributed by atoms with Gasteiger partial charge in [-0.25, -0.2) is 0 Å². The minimum Gasteiger partial charge on any atom is -0.387 e. The second kappa shape index (κ2) is 5.61. The highest BCUT2D eigenvalue weighted by atomic mass is 19.4. The third-order valence-electron chi connectivity index (χ3n) is 3.13. The smallest absolute Gasteiger partial charge is 0.387 e. The van der Waals surface area contributed by atoms with Crippen LogP contribution in [-0.2, 0) is 4.74 Å². The standard InChI is InChI=1S/C9H9F9O5/c10-6(11,7(12,13)8(14,15)9(16,17)18)4(21)3-1(19)2(20)5(22)23-3/h1-5,19-22H/t1-,2-,3+,4-,5?/m1/s1. The van der Waals surface area contributed by atoms with Crippen LogP contribution in [0, 0.1) is 0 Å². The van der Waals surface area contributed by atoms with E-state index in [0.717, 1.165) is 0 Å². The van der Waals surface area contributed by atoms with E-state index in [2.05, 4.69) is 4.74 Å². The topological polar surface area (TPSA) is 90.2 Å². The van der Waals surface area contributed by atoms with E-state index in [9.17, 15) is 39.5 Å².